The van der Waals surface area contributed by atoms with Gasteiger partial charge in [0.2, 0.25) is 0 Å². The zero-order chi connectivity index (χ0) is 34.2. The first-order valence-electron chi connectivity index (χ1n) is 17.4. The van der Waals surface area contributed by atoms with Gasteiger partial charge in [-0.05, 0) is 39.9 Å². The molecule has 0 atom stereocenters. The first-order valence-corrected chi connectivity index (χ1v) is 17.4. The van der Waals surface area contributed by atoms with Gasteiger partial charge in [0, 0.05) is 38.1 Å². The molecule has 0 N–H and O–H groups in total. The minimum absolute atomic E-state index is 0.524. The van der Waals surface area contributed by atoms with Gasteiger partial charge in [-0.2, -0.15) is 0 Å². The monoisotopic (exact) mass is 665 g/mol. The van der Waals surface area contributed by atoms with Crippen molar-refractivity contribution in [2.75, 3.05) is 0 Å². The lowest BCUT2D eigenvalue weighted by Gasteiger charge is -2.12. The van der Waals surface area contributed by atoms with Gasteiger partial charge in [0.15, 0.2) is 17.5 Å². The second kappa shape index (κ2) is 11.2. The van der Waals surface area contributed by atoms with Gasteiger partial charge in [-0.3, -0.25) is 0 Å². The van der Waals surface area contributed by atoms with Crippen LogP contribution in [0, 0.1) is 0 Å². The van der Waals surface area contributed by atoms with Crippen molar-refractivity contribution in [2.45, 2.75) is 0 Å². The molecule has 0 unspecified atom stereocenters. The number of furan rings is 2. The van der Waals surface area contributed by atoms with E-state index in [0.717, 1.165) is 93.2 Å². The number of para-hydroxylation sites is 4. The van der Waals surface area contributed by atoms with E-state index in [4.69, 9.17) is 23.8 Å². The molecule has 0 aliphatic rings. The Morgan fingerprint density at radius 1 is 0.308 bits per heavy atom. The maximum Gasteiger partial charge on any atom is 0.167 e. The molecule has 5 nitrogen and oxygen atoms in total. The molecule has 52 heavy (non-hydrogen) atoms. The third-order valence-corrected chi connectivity index (χ3v) is 10.1. The van der Waals surface area contributed by atoms with E-state index in [2.05, 4.69) is 121 Å². The molecule has 0 aliphatic heterocycles. The smallest absolute Gasteiger partial charge is 0.167 e. The highest BCUT2D eigenvalue weighted by molar-refractivity contribution is 6.15. The Balaban J connectivity index is 1.22. The van der Waals surface area contributed by atoms with Crippen LogP contribution in [-0.4, -0.2) is 15.0 Å². The molecule has 11 aromatic rings. The van der Waals surface area contributed by atoms with Crippen LogP contribution in [0.1, 0.15) is 0 Å². The van der Waals surface area contributed by atoms with Gasteiger partial charge >= 0.3 is 0 Å². The Morgan fingerprint density at radius 2 is 0.788 bits per heavy atom. The summed E-state index contributed by atoms with van der Waals surface area (Å²) in [4.78, 5) is 15.7. The summed E-state index contributed by atoms with van der Waals surface area (Å²) < 4.78 is 13.3. The summed E-state index contributed by atoms with van der Waals surface area (Å²) in [5, 5.41) is 8.63. The van der Waals surface area contributed by atoms with E-state index in [1.54, 1.807) is 0 Å². The Hall–Kier alpha value is -7.11. The van der Waals surface area contributed by atoms with E-state index in [1.807, 2.05) is 42.5 Å². The fourth-order valence-electron chi connectivity index (χ4n) is 7.75. The molecule has 3 aromatic heterocycles. The molecule has 0 radical (unpaired) electrons. The summed E-state index contributed by atoms with van der Waals surface area (Å²) in [7, 11) is 0. The maximum atomic E-state index is 6.83. The van der Waals surface area contributed by atoms with Crippen LogP contribution in [0.2, 0.25) is 0 Å². The van der Waals surface area contributed by atoms with Crippen molar-refractivity contribution in [2.24, 2.45) is 0 Å². The molecule has 0 fully saturated rings. The van der Waals surface area contributed by atoms with E-state index in [1.165, 1.54) is 0 Å². The number of rotatable bonds is 4. The van der Waals surface area contributed by atoms with Gasteiger partial charge in [0.05, 0.1) is 11.1 Å². The van der Waals surface area contributed by atoms with E-state index < -0.39 is 0 Å². The van der Waals surface area contributed by atoms with Crippen LogP contribution in [-0.2, 0) is 0 Å². The summed E-state index contributed by atoms with van der Waals surface area (Å²) in [6, 6.07) is 56.2. The fourth-order valence-corrected chi connectivity index (χ4v) is 7.75. The van der Waals surface area contributed by atoms with Crippen molar-refractivity contribution in [3.05, 3.63) is 164 Å². The summed E-state index contributed by atoms with van der Waals surface area (Å²) in [6.07, 6.45) is 0. The topological polar surface area (TPSA) is 65.0 Å². The van der Waals surface area contributed by atoms with Crippen molar-refractivity contribution in [3.63, 3.8) is 0 Å². The number of hydrogen-bond donors (Lipinski definition) is 0. The lowest BCUT2D eigenvalue weighted by molar-refractivity contribution is 0.669. The van der Waals surface area contributed by atoms with Crippen LogP contribution in [0.25, 0.3) is 111 Å². The second-order valence-corrected chi connectivity index (χ2v) is 13.1. The molecule has 3 heterocycles. The fraction of sp³-hybridized carbons (Fsp3) is 0. The van der Waals surface area contributed by atoms with Crippen LogP contribution in [0.5, 0.6) is 0 Å². The predicted octanol–water partition coefficient (Wildman–Crippen LogP) is 12.6. The largest absolute Gasteiger partial charge is 0.455 e. The van der Waals surface area contributed by atoms with E-state index in [0.29, 0.717) is 17.5 Å². The average Bonchev–Trinajstić information content (AvgIpc) is 3.79. The van der Waals surface area contributed by atoms with Gasteiger partial charge in [-0.1, -0.05) is 146 Å². The predicted molar refractivity (Wildman–Crippen MR) is 211 cm³/mol. The third kappa shape index (κ3) is 4.33. The SMILES string of the molecule is c1ccc(-c2cccc3c2oc2c(-c4nc(-c5cccc6c5oc5ccccc56)nc(-c5cccc6ccc7ccccc7c56)n4)cccc23)cc1. The lowest BCUT2D eigenvalue weighted by Crippen LogP contribution is -2.01. The second-order valence-electron chi connectivity index (χ2n) is 13.1. The summed E-state index contributed by atoms with van der Waals surface area (Å²) in [6.45, 7) is 0. The van der Waals surface area contributed by atoms with Crippen molar-refractivity contribution < 1.29 is 8.83 Å². The Kier molecular flexibility index (Phi) is 6.18. The molecule has 0 saturated carbocycles. The molecular formula is C47H27N3O2. The third-order valence-electron chi connectivity index (χ3n) is 10.1. The number of nitrogens with zero attached hydrogens (tertiary/aromatic N) is 3. The first kappa shape index (κ1) is 28.7. The number of benzene rings is 8. The maximum absolute atomic E-state index is 6.83. The number of hydrogen-bond acceptors (Lipinski definition) is 5. The Labute approximate surface area is 297 Å². The van der Waals surface area contributed by atoms with E-state index >= 15 is 0 Å². The van der Waals surface area contributed by atoms with Crippen molar-refractivity contribution in [1.82, 2.24) is 15.0 Å². The molecule has 0 saturated heterocycles. The molecule has 0 aliphatic carbocycles. The minimum atomic E-state index is 0.524. The first-order chi connectivity index (χ1) is 25.8. The van der Waals surface area contributed by atoms with Crippen molar-refractivity contribution in [1.29, 1.82) is 0 Å². The van der Waals surface area contributed by atoms with Gasteiger partial charge < -0.3 is 8.83 Å². The molecule has 0 amide bonds. The number of aromatic nitrogens is 3. The van der Waals surface area contributed by atoms with Crippen LogP contribution < -0.4 is 0 Å². The van der Waals surface area contributed by atoms with Gasteiger partial charge in [-0.25, -0.2) is 15.0 Å². The highest BCUT2D eigenvalue weighted by atomic mass is 16.3. The zero-order valence-electron chi connectivity index (χ0n) is 27.7. The average molecular weight is 666 g/mol. The zero-order valence-corrected chi connectivity index (χ0v) is 27.7. The van der Waals surface area contributed by atoms with E-state index in [-0.39, 0.29) is 0 Å². The van der Waals surface area contributed by atoms with Crippen LogP contribution in [0.3, 0.4) is 0 Å². The summed E-state index contributed by atoms with van der Waals surface area (Å²) in [5.41, 5.74) is 7.78. The van der Waals surface area contributed by atoms with Gasteiger partial charge in [0.1, 0.15) is 22.3 Å². The van der Waals surface area contributed by atoms with E-state index in [9.17, 15) is 0 Å². The quantitative estimate of drug-likeness (QED) is 0.175. The number of fused-ring (bicyclic) bond motifs is 9. The Bertz CT molecular complexity index is 3190. The molecule has 5 heteroatoms. The van der Waals surface area contributed by atoms with Gasteiger partial charge in [-0.15, -0.1) is 0 Å². The molecule has 0 spiro atoms. The van der Waals surface area contributed by atoms with Crippen LogP contribution >= 0.6 is 0 Å². The summed E-state index contributed by atoms with van der Waals surface area (Å²) >= 11 is 0. The molecular weight excluding hydrogens is 639 g/mol. The van der Waals surface area contributed by atoms with Crippen LogP contribution in [0.4, 0.5) is 0 Å². The highest BCUT2D eigenvalue weighted by Crippen LogP contribution is 2.41. The molecule has 0 bridgehead atoms. The summed E-state index contributed by atoms with van der Waals surface area (Å²) in [5.74, 6) is 1.63. The molecule has 11 rings (SSSR count). The lowest BCUT2D eigenvalue weighted by atomic mass is 9.97. The minimum Gasteiger partial charge on any atom is -0.455 e. The molecule has 8 aromatic carbocycles. The standard InChI is InChI=1S/C47H27N3O2/c1-2-12-28(13-3-1)32-18-9-20-35-36-21-11-24-39(44(36)52-42(32)35)47-49-45(37-22-8-15-30-27-26-29-14-4-5-16-31(29)41(30)37)48-46(50-47)38-23-10-19-34-33-17-6-7-25-40(33)51-43(34)38/h1-27H. The van der Waals surface area contributed by atoms with Crippen molar-refractivity contribution >= 4 is 65.4 Å². The Morgan fingerprint density at radius 3 is 1.54 bits per heavy atom. The van der Waals surface area contributed by atoms with Crippen molar-refractivity contribution in [3.8, 4) is 45.3 Å². The normalized spacial score (nSPS) is 11.8. The molecule has 242 valence electrons. The van der Waals surface area contributed by atoms with Crippen LogP contribution in [0.15, 0.2) is 173 Å². The highest BCUT2D eigenvalue weighted by Gasteiger charge is 2.22. The van der Waals surface area contributed by atoms with Gasteiger partial charge in [0.25, 0.3) is 0 Å².